The van der Waals surface area contributed by atoms with Crippen molar-refractivity contribution in [1.29, 1.82) is 0 Å². The van der Waals surface area contributed by atoms with Gasteiger partial charge in [0.1, 0.15) is 5.15 Å². The molecule has 0 spiro atoms. The number of ether oxygens (including phenoxy) is 1. The number of nitrogens with zero attached hydrogens (tertiary/aromatic N) is 2. The lowest BCUT2D eigenvalue weighted by molar-refractivity contribution is 0.0602. The fourth-order valence-corrected chi connectivity index (χ4v) is 1.72. The van der Waals surface area contributed by atoms with Crippen molar-refractivity contribution in [3.8, 4) is 11.3 Å². The van der Waals surface area contributed by atoms with Crippen molar-refractivity contribution >= 4 is 23.3 Å². The minimum atomic E-state index is -0.554. The van der Waals surface area contributed by atoms with Gasteiger partial charge in [-0.25, -0.2) is 9.78 Å². The highest BCUT2D eigenvalue weighted by molar-refractivity contribution is 6.30. The number of rotatable bonds is 2. The maximum absolute atomic E-state index is 11.6. The molecule has 0 aromatic carbocycles. The Morgan fingerprint density at radius 1 is 1.50 bits per heavy atom. The molecule has 0 radical (unpaired) electrons. The first-order valence-electron chi connectivity index (χ1n) is 5.08. The van der Waals surface area contributed by atoms with E-state index in [9.17, 15) is 4.79 Å². The molecule has 0 unspecified atom stereocenters. The third-order valence-corrected chi connectivity index (χ3v) is 2.56. The highest BCUT2D eigenvalue weighted by atomic mass is 35.5. The van der Waals surface area contributed by atoms with Crippen LogP contribution in [0, 0.1) is 0 Å². The van der Waals surface area contributed by atoms with Gasteiger partial charge in [0.2, 0.25) is 0 Å². The van der Waals surface area contributed by atoms with Gasteiger partial charge < -0.3 is 10.5 Å². The van der Waals surface area contributed by atoms with Crippen molar-refractivity contribution < 1.29 is 9.53 Å². The zero-order valence-corrected chi connectivity index (χ0v) is 10.3. The normalized spacial score (nSPS) is 10.1. The lowest BCUT2D eigenvalue weighted by Crippen LogP contribution is -2.08. The molecule has 0 atom stereocenters. The van der Waals surface area contributed by atoms with E-state index in [0.717, 1.165) is 0 Å². The molecule has 0 bridgehead atoms. The Labute approximate surface area is 109 Å². The lowest BCUT2D eigenvalue weighted by atomic mass is 10.1. The number of aromatic nitrogens is 2. The number of methoxy groups -OCH3 is 1. The van der Waals surface area contributed by atoms with Gasteiger partial charge >= 0.3 is 5.97 Å². The predicted octanol–water partition coefficient (Wildman–Crippen LogP) is 2.17. The third kappa shape index (κ3) is 2.26. The molecular weight excluding hydrogens is 254 g/mol. The summed E-state index contributed by atoms with van der Waals surface area (Å²) < 4.78 is 4.64. The van der Waals surface area contributed by atoms with E-state index in [1.165, 1.54) is 13.2 Å². The van der Waals surface area contributed by atoms with Crippen LogP contribution in [0.2, 0.25) is 5.15 Å². The van der Waals surface area contributed by atoms with E-state index in [1.807, 2.05) is 0 Å². The first kappa shape index (κ1) is 12.3. The van der Waals surface area contributed by atoms with Gasteiger partial charge in [0.25, 0.3) is 0 Å². The number of anilines is 1. The number of halogens is 1. The number of esters is 1. The first-order chi connectivity index (χ1) is 8.63. The van der Waals surface area contributed by atoms with Crippen LogP contribution in [0.5, 0.6) is 0 Å². The van der Waals surface area contributed by atoms with Crippen molar-refractivity contribution in [3.63, 3.8) is 0 Å². The monoisotopic (exact) mass is 263 g/mol. The van der Waals surface area contributed by atoms with Gasteiger partial charge in [0, 0.05) is 18.0 Å². The van der Waals surface area contributed by atoms with E-state index in [1.54, 1.807) is 24.5 Å². The Bertz CT molecular complexity index is 587. The van der Waals surface area contributed by atoms with Crippen LogP contribution in [0.1, 0.15) is 10.4 Å². The second-order valence-corrected chi connectivity index (χ2v) is 3.88. The summed E-state index contributed by atoms with van der Waals surface area (Å²) in [4.78, 5) is 19.7. The third-order valence-electron chi connectivity index (χ3n) is 2.37. The van der Waals surface area contributed by atoms with Crippen LogP contribution in [0.4, 0.5) is 5.69 Å². The number of carbonyl (C=O) groups excluding carboxylic acids is 1. The summed E-state index contributed by atoms with van der Waals surface area (Å²) in [5, 5.41) is 0.170. The lowest BCUT2D eigenvalue weighted by Gasteiger charge is -2.09. The predicted molar refractivity (Wildman–Crippen MR) is 68.2 cm³/mol. The number of carbonyl (C=O) groups is 1. The largest absolute Gasteiger partial charge is 0.465 e. The molecule has 2 aromatic heterocycles. The number of nitrogen functional groups attached to an aromatic ring is 1. The highest BCUT2D eigenvalue weighted by Crippen LogP contribution is 2.28. The maximum Gasteiger partial charge on any atom is 0.340 e. The van der Waals surface area contributed by atoms with E-state index in [4.69, 9.17) is 17.3 Å². The smallest absolute Gasteiger partial charge is 0.340 e. The summed E-state index contributed by atoms with van der Waals surface area (Å²) in [6.07, 6.45) is 3.22. The molecule has 2 aromatic rings. The van der Waals surface area contributed by atoms with Gasteiger partial charge in [0.05, 0.1) is 24.1 Å². The standard InChI is InChI=1S/C12H10ClN3O2/c1-18-12(17)8-5-9(13)16-11(10(8)14)7-3-2-4-15-6-7/h2-6H,14H2,1H3. The number of hydrogen-bond donors (Lipinski definition) is 1. The van der Waals surface area contributed by atoms with Gasteiger partial charge in [-0.2, -0.15) is 0 Å². The van der Waals surface area contributed by atoms with Crippen molar-refractivity contribution in [2.45, 2.75) is 0 Å². The van der Waals surface area contributed by atoms with E-state index >= 15 is 0 Å². The van der Waals surface area contributed by atoms with Crippen LogP contribution in [-0.2, 0) is 4.74 Å². The molecule has 6 heteroatoms. The zero-order chi connectivity index (χ0) is 13.1. The van der Waals surface area contributed by atoms with Gasteiger partial charge in [-0.05, 0) is 18.2 Å². The molecular formula is C12H10ClN3O2. The van der Waals surface area contributed by atoms with Gasteiger partial charge in [-0.3, -0.25) is 4.98 Å². The van der Waals surface area contributed by atoms with Crippen LogP contribution < -0.4 is 5.73 Å². The molecule has 2 rings (SSSR count). The molecule has 0 aliphatic heterocycles. The first-order valence-corrected chi connectivity index (χ1v) is 5.46. The summed E-state index contributed by atoms with van der Waals surface area (Å²) in [5.74, 6) is -0.554. The average Bonchev–Trinajstić information content (AvgIpc) is 2.41. The summed E-state index contributed by atoms with van der Waals surface area (Å²) in [7, 11) is 1.28. The van der Waals surface area contributed by atoms with Crippen molar-refractivity contribution in [1.82, 2.24) is 9.97 Å². The molecule has 0 saturated carbocycles. The second-order valence-electron chi connectivity index (χ2n) is 3.49. The van der Waals surface area contributed by atoms with Gasteiger partial charge in [-0.1, -0.05) is 11.6 Å². The molecule has 0 fully saturated rings. The fourth-order valence-electron chi connectivity index (χ4n) is 1.53. The number of nitrogens with two attached hydrogens (primary N) is 1. The molecule has 2 heterocycles. The SMILES string of the molecule is COC(=O)c1cc(Cl)nc(-c2cccnc2)c1N. The molecule has 2 N–H and O–H groups in total. The molecule has 0 saturated heterocycles. The van der Waals surface area contributed by atoms with Crippen molar-refractivity contribution in [2.75, 3.05) is 12.8 Å². The molecule has 18 heavy (non-hydrogen) atoms. The van der Waals surface area contributed by atoms with E-state index in [0.29, 0.717) is 11.3 Å². The Morgan fingerprint density at radius 3 is 2.89 bits per heavy atom. The average molecular weight is 264 g/mol. The Hall–Kier alpha value is -2.14. The molecule has 0 amide bonds. The summed E-state index contributed by atoms with van der Waals surface area (Å²) >= 11 is 5.88. The molecule has 0 aliphatic carbocycles. The van der Waals surface area contributed by atoms with Crippen molar-refractivity contribution in [2.24, 2.45) is 0 Å². The minimum Gasteiger partial charge on any atom is -0.465 e. The van der Waals surface area contributed by atoms with Crippen molar-refractivity contribution in [3.05, 3.63) is 41.3 Å². The Balaban J connectivity index is 2.62. The van der Waals surface area contributed by atoms with E-state index in [-0.39, 0.29) is 16.4 Å². The summed E-state index contributed by atoms with van der Waals surface area (Å²) in [6.45, 7) is 0. The molecule has 5 nitrogen and oxygen atoms in total. The van der Waals surface area contributed by atoms with Crippen LogP contribution in [-0.4, -0.2) is 23.0 Å². The van der Waals surface area contributed by atoms with Crippen LogP contribution >= 0.6 is 11.6 Å². The fraction of sp³-hybridized carbons (Fsp3) is 0.0833. The maximum atomic E-state index is 11.6. The Kier molecular flexibility index (Phi) is 3.43. The van der Waals surface area contributed by atoms with Crippen LogP contribution in [0.3, 0.4) is 0 Å². The summed E-state index contributed by atoms with van der Waals surface area (Å²) in [5.41, 5.74) is 7.42. The quantitative estimate of drug-likeness (QED) is 0.664. The topological polar surface area (TPSA) is 78.1 Å². The van der Waals surface area contributed by atoms with E-state index < -0.39 is 5.97 Å². The zero-order valence-electron chi connectivity index (χ0n) is 9.55. The number of hydrogen-bond acceptors (Lipinski definition) is 5. The minimum absolute atomic E-state index is 0.170. The molecule has 0 aliphatic rings. The van der Waals surface area contributed by atoms with E-state index in [2.05, 4.69) is 14.7 Å². The molecule has 92 valence electrons. The second kappa shape index (κ2) is 5.01. The number of pyridine rings is 2. The van der Waals surface area contributed by atoms with Crippen LogP contribution in [0.15, 0.2) is 30.6 Å². The van der Waals surface area contributed by atoms with Gasteiger partial charge in [-0.15, -0.1) is 0 Å². The Morgan fingerprint density at radius 2 is 2.28 bits per heavy atom. The highest BCUT2D eigenvalue weighted by Gasteiger charge is 2.17. The van der Waals surface area contributed by atoms with Crippen LogP contribution in [0.25, 0.3) is 11.3 Å². The van der Waals surface area contributed by atoms with Gasteiger partial charge in [0.15, 0.2) is 0 Å². The summed E-state index contributed by atoms with van der Waals surface area (Å²) in [6, 6.07) is 4.90.